The van der Waals surface area contributed by atoms with Gasteiger partial charge in [0.05, 0.1) is 0 Å². The van der Waals surface area contributed by atoms with Crippen LogP contribution in [-0.4, -0.2) is 22.5 Å². The van der Waals surface area contributed by atoms with Gasteiger partial charge in [-0.15, -0.1) is 0 Å². The number of ether oxygens (including phenoxy) is 2. The van der Waals surface area contributed by atoms with E-state index in [1.165, 1.54) is 6.33 Å². The molecule has 27 heavy (non-hydrogen) atoms. The molecular weight excluding hydrogens is 346 g/mol. The highest BCUT2D eigenvalue weighted by molar-refractivity contribution is 5.80. The van der Waals surface area contributed by atoms with Crippen LogP contribution in [0.1, 0.15) is 5.56 Å². The first kappa shape index (κ1) is 18.0. The second-order valence-electron chi connectivity index (χ2n) is 5.63. The molecule has 4 N–H and O–H groups in total. The zero-order chi connectivity index (χ0) is 19.1. The molecule has 0 radical (unpaired) electrons. The highest BCUT2D eigenvalue weighted by atomic mass is 16.5. The average Bonchev–Trinajstić information content (AvgIpc) is 2.69. The molecule has 0 aliphatic rings. The maximum atomic E-state index is 11.9. The molecule has 3 rings (SSSR count). The monoisotopic (exact) mass is 365 g/mol. The van der Waals surface area contributed by atoms with E-state index in [0.29, 0.717) is 11.5 Å². The van der Waals surface area contributed by atoms with Crippen LogP contribution >= 0.6 is 0 Å². The largest absolute Gasteiger partial charge is 0.484 e. The van der Waals surface area contributed by atoms with Gasteiger partial charge in [0.15, 0.2) is 12.4 Å². The second-order valence-corrected chi connectivity index (χ2v) is 5.63. The summed E-state index contributed by atoms with van der Waals surface area (Å²) in [5.41, 5.74) is 12.4. The Labute approximate surface area is 156 Å². The number of aromatic nitrogens is 2. The molecule has 0 bridgehead atoms. The average molecular weight is 365 g/mol. The summed E-state index contributed by atoms with van der Waals surface area (Å²) in [6.45, 7) is 1.82. The molecule has 0 fully saturated rings. The molecule has 1 aromatic heterocycles. The molecule has 0 saturated heterocycles. The smallest absolute Gasteiger partial charge is 0.276 e. The summed E-state index contributed by atoms with van der Waals surface area (Å²) in [5, 5.41) is 0. The fourth-order valence-corrected chi connectivity index (χ4v) is 2.11. The molecule has 1 heterocycles. The maximum absolute atomic E-state index is 11.9. The highest BCUT2D eigenvalue weighted by Gasteiger charge is 2.11. The standard InChI is InChI=1S/C19H19N5O3/c1-13-7-9-15(10-8-13)27-19-17(20)18(21-12-22-19)24-23-16(25)11-26-14-5-3-2-4-6-14/h2-10,12H,11,20H2,1H3,(H,23,25)(H,21,22,24). The Morgan fingerprint density at radius 1 is 1.04 bits per heavy atom. The minimum atomic E-state index is -0.391. The van der Waals surface area contributed by atoms with Crippen molar-refractivity contribution in [2.24, 2.45) is 0 Å². The molecule has 3 aromatic rings. The second kappa shape index (κ2) is 8.52. The van der Waals surface area contributed by atoms with Crippen molar-refractivity contribution in [1.29, 1.82) is 0 Å². The van der Waals surface area contributed by atoms with Gasteiger partial charge in [0.1, 0.15) is 23.5 Å². The van der Waals surface area contributed by atoms with Gasteiger partial charge in [0, 0.05) is 0 Å². The number of nitrogens with one attached hydrogen (secondary N) is 2. The van der Waals surface area contributed by atoms with Crippen molar-refractivity contribution in [2.75, 3.05) is 17.8 Å². The van der Waals surface area contributed by atoms with Gasteiger partial charge >= 0.3 is 0 Å². The number of nitrogens with zero attached hydrogens (tertiary/aromatic N) is 2. The van der Waals surface area contributed by atoms with E-state index in [1.807, 2.05) is 49.4 Å². The van der Waals surface area contributed by atoms with Crippen LogP contribution in [0, 0.1) is 6.92 Å². The minimum absolute atomic E-state index is 0.158. The zero-order valence-electron chi connectivity index (χ0n) is 14.7. The van der Waals surface area contributed by atoms with Crippen molar-refractivity contribution in [3.8, 4) is 17.4 Å². The number of amides is 1. The minimum Gasteiger partial charge on any atom is -0.484 e. The lowest BCUT2D eigenvalue weighted by Crippen LogP contribution is -2.34. The third-order valence-corrected chi connectivity index (χ3v) is 3.52. The van der Waals surface area contributed by atoms with Crippen LogP contribution in [0.5, 0.6) is 17.4 Å². The summed E-state index contributed by atoms with van der Waals surface area (Å²) in [5.74, 6) is 1.21. The first-order chi connectivity index (χ1) is 13.1. The molecule has 8 nitrogen and oxygen atoms in total. The van der Waals surface area contributed by atoms with Gasteiger partial charge in [-0.2, -0.15) is 4.98 Å². The fourth-order valence-electron chi connectivity index (χ4n) is 2.11. The first-order valence-corrected chi connectivity index (χ1v) is 8.19. The molecule has 1 amide bonds. The van der Waals surface area contributed by atoms with E-state index < -0.39 is 5.91 Å². The molecule has 0 aliphatic heterocycles. The number of nitrogen functional groups attached to an aromatic ring is 1. The summed E-state index contributed by atoms with van der Waals surface area (Å²) >= 11 is 0. The number of hydrogen-bond donors (Lipinski definition) is 3. The Balaban J connectivity index is 1.57. The van der Waals surface area contributed by atoms with E-state index >= 15 is 0 Å². The number of anilines is 2. The lowest BCUT2D eigenvalue weighted by molar-refractivity contribution is -0.122. The van der Waals surface area contributed by atoms with Gasteiger partial charge in [-0.05, 0) is 31.2 Å². The number of nitrogens with two attached hydrogens (primary N) is 1. The molecule has 0 aliphatic carbocycles. The van der Waals surface area contributed by atoms with Gasteiger partial charge < -0.3 is 15.2 Å². The van der Waals surface area contributed by atoms with Crippen molar-refractivity contribution in [1.82, 2.24) is 15.4 Å². The van der Waals surface area contributed by atoms with Crippen LogP contribution in [0.4, 0.5) is 11.5 Å². The Morgan fingerprint density at radius 2 is 1.78 bits per heavy atom. The molecule has 138 valence electrons. The highest BCUT2D eigenvalue weighted by Crippen LogP contribution is 2.28. The van der Waals surface area contributed by atoms with Crippen molar-refractivity contribution in [3.05, 3.63) is 66.5 Å². The number of para-hydroxylation sites is 1. The Kier molecular flexibility index (Phi) is 5.68. The van der Waals surface area contributed by atoms with Crippen LogP contribution in [-0.2, 0) is 4.79 Å². The molecule has 2 aromatic carbocycles. The lowest BCUT2D eigenvalue weighted by Gasteiger charge is -2.13. The summed E-state index contributed by atoms with van der Waals surface area (Å²) in [6.07, 6.45) is 1.29. The predicted octanol–water partition coefficient (Wildman–Crippen LogP) is 2.68. The molecule has 0 atom stereocenters. The Morgan fingerprint density at radius 3 is 2.52 bits per heavy atom. The third-order valence-electron chi connectivity index (χ3n) is 3.52. The quantitative estimate of drug-likeness (QED) is 0.552. The predicted molar refractivity (Wildman–Crippen MR) is 101 cm³/mol. The molecule has 0 unspecified atom stereocenters. The Bertz CT molecular complexity index is 901. The maximum Gasteiger partial charge on any atom is 0.276 e. The van der Waals surface area contributed by atoms with E-state index in [-0.39, 0.29) is 24.0 Å². The SMILES string of the molecule is Cc1ccc(Oc2ncnc(NNC(=O)COc3ccccc3)c2N)cc1. The van der Waals surface area contributed by atoms with Crippen LogP contribution < -0.4 is 26.1 Å². The zero-order valence-corrected chi connectivity index (χ0v) is 14.7. The van der Waals surface area contributed by atoms with Crippen LogP contribution in [0.2, 0.25) is 0 Å². The number of benzene rings is 2. The summed E-state index contributed by atoms with van der Waals surface area (Å²) in [7, 11) is 0. The van der Waals surface area contributed by atoms with Gasteiger partial charge in [-0.25, -0.2) is 4.98 Å². The van der Waals surface area contributed by atoms with Crippen molar-refractivity contribution < 1.29 is 14.3 Å². The number of rotatable bonds is 7. The summed E-state index contributed by atoms with van der Waals surface area (Å²) in [4.78, 5) is 19.9. The first-order valence-electron chi connectivity index (χ1n) is 8.19. The van der Waals surface area contributed by atoms with E-state index in [4.69, 9.17) is 15.2 Å². The van der Waals surface area contributed by atoms with Crippen LogP contribution in [0.3, 0.4) is 0 Å². The van der Waals surface area contributed by atoms with E-state index in [1.54, 1.807) is 12.1 Å². The van der Waals surface area contributed by atoms with Gasteiger partial charge in [0.25, 0.3) is 5.91 Å². The molecule has 0 spiro atoms. The number of hydrazine groups is 1. The molecule has 0 saturated carbocycles. The number of carbonyl (C=O) groups excluding carboxylic acids is 1. The molecular formula is C19H19N5O3. The number of hydrogen-bond acceptors (Lipinski definition) is 7. The number of carbonyl (C=O) groups is 1. The van der Waals surface area contributed by atoms with E-state index in [2.05, 4.69) is 20.8 Å². The van der Waals surface area contributed by atoms with Gasteiger partial charge in [-0.3, -0.25) is 15.6 Å². The lowest BCUT2D eigenvalue weighted by atomic mass is 10.2. The normalized spacial score (nSPS) is 10.1. The number of aryl methyl sites for hydroxylation is 1. The summed E-state index contributed by atoms with van der Waals surface area (Å²) < 4.78 is 11.0. The Hall–Kier alpha value is -3.81. The van der Waals surface area contributed by atoms with Crippen LogP contribution in [0.25, 0.3) is 0 Å². The van der Waals surface area contributed by atoms with Gasteiger partial charge in [-0.1, -0.05) is 35.9 Å². The topological polar surface area (TPSA) is 111 Å². The van der Waals surface area contributed by atoms with Crippen molar-refractivity contribution >= 4 is 17.4 Å². The van der Waals surface area contributed by atoms with Crippen molar-refractivity contribution in [2.45, 2.75) is 6.92 Å². The van der Waals surface area contributed by atoms with E-state index in [0.717, 1.165) is 5.56 Å². The van der Waals surface area contributed by atoms with Crippen molar-refractivity contribution in [3.63, 3.8) is 0 Å². The third kappa shape index (κ3) is 5.08. The summed E-state index contributed by atoms with van der Waals surface area (Å²) in [6, 6.07) is 16.5. The van der Waals surface area contributed by atoms with Gasteiger partial charge in [0.2, 0.25) is 5.88 Å². The van der Waals surface area contributed by atoms with Crippen LogP contribution in [0.15, 0.2) is 60.9 Å². The van der Waals surface area contributed by atoms with E-state index in [9.17, 15) is 4.79 Å². The fraction of sp³-hybridized carbons (Fsp3) is 0.105. The molecule has 8 heteroatoms.